The minimum Gasteiger partial charge on any atom is -0.316 e. The molecule has 3 nitrogen and oxygen atoms in total. The van der Waals surface area contributed by atoms with Gasteiger partial charge in [0.15, 0.2) is 0 Å². The number of aromatic nitrogens is 2. The fraction of sp³-hybridized carbons (Fsp3) is 0.556. The lowest BCUT2D eigenvalue weighted by atomic mass is 9.94. The predicted molar refractivity (Wildman–Crippen MR) is 46.9 cm³/mol. The van der Waals surface area contributed by atoms with E-state index in [1.54, 1.807) is 6.33 Å². The molecule has 0 amide bonds. The number of rotatable bonds is 1. The van der Waals surface area contributed by atoms with Gasteiger partial charge in [-0.15, -0.1) is 0 Å². The molecule has 1 fully saturated rings. The van der Waals surface area contributed by atoms with Gasteiger partial charge in [0, 0.05) is 18.9 Å². The molecule has 0 spiro atoms. The van der Waals surface area contributed by atoms with Gasteiger partial charge in [-0.2, -0.15) is 0 Å². The van der Waals surface area contributed by atoms with Crippen molar-refractivity contribution in [3.05, 3.63) is 24.3 Å². The van der Waals surface area contributed by atoms with Crippen LogP contribution in [0.5, 0.6) is 0 Å². The van der Waals surface area contributed by atoms with Gasteiger partial charge in [0.05, 0.1) is 0 Å². The van der Waals surface area contributed by atoms with Crippen molar-refractivity contribution in [2.24, 2.45) is 0 Å². The van der Waals surface area contributed by atoms with Gasteiger partial charge in [-0.25, -0.2) is 9.97 Å². The third-order valence-electron chi connectivity index (χ3n) is 2.35. The maximum Gasteiger partial charge on any atom is 0.115 e. The molecule has 0 unspecified atom stereocenters. The van der Waals surface area contributed by atoms with Crippen LogP contribution in [0.4, 0.5) is 0 Å². The lowest BCUT2D eigenvalue weighted by Crippen LogP contribution is -2.28. The molecule has 0 bridgehead atoms. The number of hydrogen-bond acceptors (Lipinski definition) is 3. The first-order valence-corrected chi connectivity index (χ1v) is 4.42. The molecule has 1 atom stereocenters. The van der Waals surface area contributed by atoms with E-state index in [1.807, 2.05) is 12.4 Å². The average Bonchev–Trinajstić information content (AvgIpc) is 2.21. The van der Waals surface area contributed by atoms with Gasteiger partial charge in [0.25, 0.3) is 0 Å². The highest BCUT2D eigenvalue weighted by atomic mass is 14.9. The summed E-state index contributed by atoms with van der Waals surface area (Å²) in [6.45, 7) is 2.23. The van der Waals surface area contributed by atoms with Crippen LogP contribution in [-0.4, -0.2) is 23.1 Å². The molecule has 2 heterocycles. The largest absolute Gasteiger partial charge is 0.316 e. The van der Waals surface area contributed by atoms with E-state index in [1.165, 1.54) is 18.4 Å². The Balaban J connectivity index is 2.08. The van der Waals surface area contributed by atoms with Crippen molar-refractivity contribution in [2.75, 3.05) is 13.1 Å². The van der Waals surface area contributed by atoms with Crippen LogP contribution in [0.15, 0.2) is 18.7 Å². The highest BCUT2D eigenvalue weighted by Gasteiger charge is 2.14. The molecule has 1 aromatic rings. The van der Waals surface area contributed by atoms with Crippen molar-refractivity contribution in [1.29, 1.82) is 0 Å². The molecule has 1 N–H and O–H groups in total. The molecule has 1 aromatic heterocycles. The third-order valence-corrected chi connectivity index (χ3v) is 2.35. The van der Waals surface area contributed by atoms with E-state index in [0.29, 0.717) is 5.92 Å². The van der Waals surface area contributed by atoms with Crippen LogP contribution >= 0.6 is 0 Å². The lowest BCUT2D eigenvalue weighted by molar-refractivity contribution is 0.460. The summed E-state index contributed by atoms with van der Waals surface area (Å²) in [5.41, 5.74) is 1.27. The normalized spacial score (nSPS) is 23.8. The number of hydrogen-bond donors (Lipinski definition) is 1. The summed E-state index contributed by atoms with van der Waals surface area (Å²) in [5.74, 6) is 0.625. The molecule has 12 heavy (non-hydrogen) atoms. The maximum absolute atomic E-state index is 4.02. The molecule has 3 heteroatoms. The molecule has 2 rings (SSSR count). The number of piperidine rings is 1. The summed E-state index contributed by atoms with van der Waals surface area (Å²) in [4.78, 5) is 8.04. The first-order valence-electron chi connectivity index (χ1n) is 4.42. The van der Waals surface area contributed by atoms with E-state index < -0.39 is 0 Å². The Hall–Kier alpha value is -0.960. The molecule has 0 radical (unpaired) electrons. The Morgan fingerprint density at radius 2 is 2.17 bits per heavy atom. The summed E-state index contributed by atoms with van der Waals surface area (Å²) in [6.07, 6.45) is 7.95. The first kappa shape index (κ1) is 7.68. The van der Waals surface area contributed by atoms with Gasteiger partial charge in [0.2, 0.25) is 0 Å². The van der Waals surface area contributed by atoms with E-state index in [-0.39, 0.29) is 0 Å². The zero-order chi connectivity index (χ0) is 8.23. The Kier molecular flexibility index (Phi) is 2.32. The summed E-state index contributed by atoms with van der Waals surface area (Å²) < 4.78 is 0. The second kappa shape index (κ2) is 3.63. The van der Waals surface area contributed by atoms with E-state index in [0.717, 1.165) is 13.1 Å². The van der Waals surface area contributed by atoms with E-state index in [9.17, 15) is 0 Å². The number of nitrogens with zero attached hydrogens (tertiary/aromatic N) is 2. The van der Waals surface area contributed by atoms with Gasteiger partial charge in [-0.3, -0.25) is 0 Å². The second-order valence-corrected chi connectivity index (χ2v) is 3.22. The quantitative estimate of drug-likeness (QED) is 0.669. The standard InChI is InChI=1S/C9H13N3/c1-2-8(4-10-3-1)9-5-11-7-12-6-9/h5-8,10H,1-4H2/t8-/m1/s1. The summed E-state index contributed by atoms with van der Waals surface area (Å²) >= 11 is 0. The van der Waals surface area contributed by atoms with Crippen LogP contribution in [0, 0.1) is 0 Å². The monoisotopic (exact) mass is 163 g/mol. The third kappa shape index (κ3) is 1.61. The topological polar surface area (TPSA) is 37.8 Å². The zero-order valence-corrected chi connectivity index (χ0v) is 7.03. The van der Waals surface area contributed by atoms with Crippen LogP contribution in [0.2, 0.25) is 0 Å². The smallest absolute Gasteiger partial charge is 0.115 e. The van der Waals surface area contributed by atoms with Crippen LogP contribution in [-0.2, 0) is 0 Å². The Morgan fingerprint density at radius 1 is 1.33 bits per heavy atom. The highest BCUT2D eigenvalue weighted by molar-refractivity contribution is 5.11. The lowest BCUT2D eigenvalue weighted by Gasteiger charge is -2.22. The average molecular weight is 163 g/mol. The summed E-state index contributed by atoms with van der Waals surface area (Å²) in [7, 11) is 0. The fourth-order valence-corrected chi connectivity index (χ4v) is 1.66. The van der Waals surface area contributed by atoms with E-state index in [2.05, 4.69) is 15.3 Å². The van der Waals surface area contributed by atoms with Gasteiger partial charge in [-0.05, 0) is 30.9 Å². The molecule has 64 valence electrons. The SMILES string of the molecule is c1ncc([C@@H]2CCCNC2)cn1. The minimum atomic E-state index is 0.625. The molecule has 1 aliphatic heterocycles. The molecule has 1 aliphatic rings. The second-order valence-electron chi connectivity index (χ2n) is 3.22. The minimum absolute atomic E-state index is 0.625. The highest BCUT2D eigenvalue weighted by Crippen LogP contribution is 2.20. The fourth-order valence-electron chi connectivity index (χ4n) is 1.66. The van der Waals surface area contributed by atoms with Crippen molar-refractivity contribution < 1.29 is 0 Å². The van der Waals surface area contributed by atoms with Crippen LogP contribution < -0.4 is 5.32 Å². The van der Waals surface area contributed by atoms with E-state index >= 15 is 0 Å². The first-order chi connectivity index (χ1) is 5.97. The Labute approximate surface area is 72.2 Å². The number of nitrogens with one attached hydrogen (secondary N) is 1. The van der Waals surface area contributed by atoms with Crippen LogP contribution in [0.25, 0.3) is 0 Å². The van der Waals surface area contributed by atoms with Crippen molar-refractivity contribution in [3.63, 3.8) is 0 Å². The van der Waals surface area contributed by atoms with Crippen LogP contribution in [0.3, 0.4) is 0 Å². The molecular formula is C9H13N3. The van der Waals surface area contributed by atoms with Gasteiger partial charge in [-0.1, -0.05) is 0 Å². The summed E-state index contributed by atoms with van der Waals surface area (Å²) in [5, 5.41) is 3.38. The molecule has 0 aromatic carbocycles. The van der Waals surface area contributed by atoms with Crippen molar-refractivity contribution in [3.8, 4) is 0 Å². The molecule has 1 saturated heterocycles. The van der Waals surface area contributed by atoms with Gasteiger partial charge >= 0.3 is 0 Å². The molecule has 0 saturated carbocycles. The van der Waals surface area contributed by atoms with E-state index in [4.69, 9.17) is 0 Å². The van der Waals surface area contributed by atoms with Gasteiger partial charge in [0.1, 0.15) is 6.33 Å². The predicted octanol–water partition coefficient (Wildman–Crippen LogP) is 0.944. The Morgan fingerprint density at radius 3 is 2.83 bits per heavy atom. The zero-order valence-electron chi connectivity index (χ0n) is 7.03. The van der Waals surface area contributed by atoms with Crippen molar-refractivity contribution in [1.82, 2.24) is 15.3 Å². The van der Waals surface area contributed by atoms with Crippen molar-refractivity contribution in [2.45, 2.75) is 18.8 Å². The molecule has 0 aliphatic carbocycles. The van der Waals surface area contributed by atoms with Crippen LogP contribution in [0.1, 0.15) is 24.3 Å². The summed E-state index contributed by atoms with van der Waals surface area (Å²) in [6, 6.07) is 0. The molecular weight excluding hydrogens is 150 g/mol. The van der Waals surface area contributed by atoms with Crippen molar-refractivity contribution >= 4 is 0 Å². The maximum atomic E-state index is 4.02. The van der Waals surface area contributed by atoms with Gasteiger partial charge < -0.3 is 5.32 Å². The Bertz CT molecular complexity index is 229.